The van der Waals surface area contributed by atoms with Crippen LogP contribution in [0.15, 0.2) is 6.20 Å². The molecule has 0 bridgehead atoms. The predicted molar refractivity (Wildman–Crippen MR) is 70.5 cm³/mol. The summed E-state index contributed by atoms with van der Waals surface area (Å²) in [5.41, 5.74) is 0. The van der Waals surface area contributed by atoms with E-state index in [2.05, 4.69) is 22.1 Å². The number of ether oxygens (including phenoxy) is 1. The third-order valence-corrected chi connectivity index (χ3v) is 3.95. The first-order valence-corrected chi connectivity index (χ1v) is 7.14. The van der Waals surface area contributed by atoms with Gasteiger partial charge in [-0.2, -0.15) is 0 Å². The van der Waals surface area contributed by atoms with Gasteiger partial charge in [-0.05, 0) is 6.54 Å². The van der Waals surface area contributed by atoms with Gasteiger partial charge < -0.3 is 10.1 Å². The highest BCUT2D eigenvalue weighted by molar-refractivity contribution is 7.11. The number of nitrogens with zero attached hydrogens (tertiary/aromatic N) is 2. The van der Waals surface area contributed by atoms with Gasteiger partial charge in [-0.15, -0.1) is 11.3 Å². The van der Waals surface area contributed by atoms with E-state index in [4.69, 9.17) is 4.74 Å². The summed E-state index contributed by atoms with van der Waals surface area (Å²) < 4.78 is 5.34. The van der Waals surface area contributed by atoms with Gasteiger partial charge in [-0.1, -0.05) is 6.92 Å². The molecule has 0 atom stereocenters. The third kappa shape index (κ3) is 4.35. The fraction of sp³-hybridized carbons (Fsp3) is 0.750. The molecule has 0 aliphatic carbocycles. The van der Waals surface area contributed by atoms with Crippen LogP contribution in [0.1, 0.15) is 16.8 Å². The highest BCUT2D eigenvalue weighted by Crippen LogP contribution is 2.13. The Morgan fingerprint density at radius 1 is 1.47 bits per heavy atom. The highest BCUT2D eigenvalue weighted by Gasteiger charge is 2.10. The van der Waals surface area contributed by atoms with E-state index in [0.29, 0.717) is 0 Å². The minimum atomic E-state index is 0.879. The van der Waals surface area contributed by atoms with Crippen LogP contribution in [0.4, 0.5) is 0 Å². The van der Waals surface area contributed by atoms with Crippen LogP contribution >= 0.6 is 11.3 Å². The van der Waals surface area contributed by atoms with Crippen molar-refractivity contribution in [3.63, 3.8) is 0 Å². The van der Waals surface area contributed by atoms with Crippen molar-refractivity contribution < 1.29 is 4.74 Å². The molecule has 1 aromatic heterocycles. The van der Waals surface area contributed by atoms with Gasteiger partial charge in [-0.25, -0.2) is 4.98 Å². The molecule has 4 nitrogen and oxygen atoms in total. The smallest absolute Gasteiger partial charge is 0.0940 e. The van der Waals surface area contributed by atoms with Gasteiger partial charge in [0, 0.05) is 43.7 Å². The van der Waals surface area contributed by atoms with Gasteiger partial charge in [-0.3, -0.25) is 4.90 Å². The predicted octanol–water partition coefficient (Wildman–Crippen LogP) is 1.13. The highest BCUT2D eigenvalue weighted by atomic mass is 32.1. The number of thiazole rings is 1. The monoisotopic (exact) mass is 255 g/mol. The van der Waals surface area contributed by atoms with Gasteiger partial charge in [0.2, 0.25) is 0 Å². The van der Waals surface area contributed by atoms with Crippen molar-refractivity contribution in [1.29, 1.82) is 0 Å². The molecule has 1 fully saturated rings. The van der Waals surface area contributed by atoms with E-state index in [0.717, 1.165) is 52.4 Å². The molecule has 5 heteroatoms. The maximum Gasteiger partial charge on any atom is 0.0940 e. The summed E-state index contributed by atoms with van der Waals surface area (Å²) >= 11 is 1.83. The maximum atomic E-state index is 5.34. The summed E-state index contributed by atoms with van der Waals surface area (Å²) in [6, 6.07) is 0. The molecule has 1 N–H and O–H groups in total. The van der Waals surface area contributed by atoms with Crippen molar-refractivity contribution in [2.45, 2.75) is 19.9 Å². The molecule has 0 amide bonds. The Morgan fingerprint density at radius 3 is 3.06 bits per heavy atom. The zero-order valence-electron chi connectivity index (χ0n) is 10.4. The lowest BCUT2D eigenvalue weighted by Crippen LogP contribution is -2.37. The SMILES string of the molecule is CCNCc1cnc(CCN2CCOCC2)s1. The van der Waals surface area contributed by atoms with Crippen molar-refractivity contribution >= 4 is 11.3 Å². The molecule has 1 aliphatic rings. The Balaban J connectivity index is 1.72. The molecular formula is C12H21N3OS. The van der Waals surface area contributed by atoms with Gasteiger partial charge >= 0.3 is 0 Å². The molecule has 0 unspecified atom stereocenters. The normalized spacial score (nSPS) is 17.5. The second kappa shape index (κ2) is 7.06. The van der Waals surface area contributed by atoms with Crippen molar-refractivity contribution in [3.8, 4) is 0 Å². The van der Waals surface area contributed by atoms with Crippen LogP contribution in [0, 0.1) is 0 Å². The fourth-order valence-corrected chi connectivity index (χ4v) is 2.75. The van der Waals surface area contributed by atoms with Crippen molar-refractivity contribution in [2.24, 2.45) is 0 Å². The molecule has 2 heterocycles. The summed E-state index contributed by atoms with van der Waals surface area (Å²) in [5, 5.41) is 4.58. The summed E-state index contributed by atoms with van der Waals surface area (Å²) in [7, 11) is 0. The van der Waals surface area contributed by atoms with Gasteiger partial charge in [0.15, 0.2) is 0 Å². The van der Waals surface area contributed by atoms with E-state index in [9.17, 15) is 0 Å². The molecule has 0 aromatic carbocycles. The Bertz CT molecular complexity index is 323. The lowest BCUT2D eigenvalue weighted by Gasteiger charge is -2.25. The molecule has 1 saturated heterocycles. The van der Waals surface area contributed by atoms with E-state index in [1.807, 2.05) is 17.5 Å². The van der Waals surface area contributed by atoms with Crippen LogP contribution in [0.5, 0.6) is 0 Å². The number of morpholine rings is 1. The van der Waals surface area contributed by atoms with Crippen LogP contribution in [0.2, 0.25) is 0 Å². The van der Waals surface area contributed by atoms with Gasteiger partial charge in [0.1, 0.15) is 0 Å². The second-order valence-corrected chi connectivity index (χ2v) is 5.40. The molecule has 96 valence electrons. The van der Waals surface area contributed by atoms with Gasteiger partial charge in [0.25, 0.3) is 0 Å². The van der Waals surface area contributed by atoms with E-state index in [-0.39, 0.29) is 0 Å². The molecule has 0 saturated carbocycles. The number of aromatic nitrogens is 1. The van der Waals surface area contributed by atoms with Crippen molar-refractivity contribution in [1.82, 2.24) is 15.2 Å². The van der Waals surface area contributed by atoms with Crippen LogP contribution in [0.25, 0.3) is 0 Å². The topological polar surface area (TPSA) is 37.4 Å². The minimum absolute atomic E-state index is 0.879. The van der Waals surface area contributed by atoms with E-state index in [1.165, 1.54) is 9.88 Å². The Labute approximate surface area is 107 Å². The van der Waals surface area contributed by atoms with Crippen molar-refractivity contribution in [2.75, 3.05) is 39.4 Å². The van der Waals surface area contributed by atoms with Crippen LogP contribution in [-0.4, -0.2) is 49.3 Å². The first kappa shape index (κ1) is 13.0. The molecule has 1 aromatic rings. The standard InChI is InChI=1S/C12H21N3OS/c1-2-13-9-11-10-14-12(17-11)3-4-15-5-7-16-8-6-15/h10,13H,2-9H2,1H3. The number of hydrogen-bond acceptors (Lipinski definition) is 5. The second-order valence-electron chi connectivity index (χ2n) is 4.20. The summed E-state index contributed by atoms with van der Waals surface area (Å²) in [6.07, 6.45) is 3.07. The van der Waals surface area contributed by atoms with E-state index in [1.54, 1.807) is 0 Å². The molecule has 1 aliphatic heterocycles. The zero-order chi connectivity index (χ0) is 11.9. The van der Waals surface area contributed by atoms with E-state index < -0.39 is 0 Å². The number of rotatable bonds is 6. The number of nitrogens with one attached hydrogen (secondary N) is 1. The lowest BCUT2D eigenvalue weighted by molar-refractivity contribution is 0.0384. The number of hydrogen-bond donors (Lipinski definition) is 1. The van der Waals surface area contributed by atoms with E-state index >= 15 is 0 Å². The fourth-order valence-electron chi connectivity index (χ4n) is 1.87. The van der Waals surface area contributed by atoms with Gasteiger partial charge in [0.05, 0.1) is 18.2 Å². The summed E-state index contributed by atoms with van der Waals surface area (Å²) in [4.78, 5) is 8.26. The summed E-state index contributed by atoms with van der Waals surface area (Å²) in [6.45, 7) is 9.09. The first-order valence-electron chi connectivity index (χ1n) is 6.33. The molecule has 0 radical (unpaired) electrons. The average Bonchev–Trinajstić information content (AvgIpc) is 2.83. The molecule has 0 spiro atoms. The minimum Gasteiger partial charge on any atom is -0.379 e. The van der Waals surface area contributed by atoms with Crippen molar-refractivity contribution in [3.05, 3.63) is 16.1 Å². The Morgan fingerprint density at radius 2 is 2.29 bits per heavy atom. The first-order chi connectivity index (χ1) is 8.38. The zero-order valence-corrected chi connectivity index (χ0v) is 11.3. The Kier molecular flexibility index (Phi) is 5.38. The summed E-state index contributed by atoms with van der Waals surface area (Å²) in [5.74, 6) is 0. The molecule has 2 rings (SSSR count). The maximum absolute atomic E-state index is 5.34. The largest absolute Gasteiger partial charge is 0.379 e. The average molecular weight is 255 g/mol. The van der Waals surface area contributed by atoms with Crippen LogP contribution in [0.3, 0.4) is 0 Å². The third-order valence-electron chi connectivity index (χ3n) is 2.90. The Hall–Kier alpha value is -0.490. The molecular weight excluding hydrogens is 234 g/mol. The van der Waals surface area contributed by atoms with Crippen LogP contribution < -0.4 is 5.32 Å². The lowest BCUT2D eigenvalue weighted by atomic mass is 10.3. The quantitative estimate of drug-likeness (QED) is 0.827. The molecule has 17 heavy (non-hydrogen) atoms. The van der Waals surface area contributed by atoms with Crippen LogP contribution in [-0.2, 0) is 17.7 Å².